The van der Waals surface area contributed by atoms with Gasteiger partial charge in [0.2, 0.25) is 0 Å². The number of benzene rings is 1. The number of aromatic nitrogens is 2. The molecule has 0 radical (unpaired) electrons. The lowest BCUT2D eigenvalue weighted by atomic mass is 10.3. The molecule has 0 bridgehead atoms. The van der Waals surface area contributed by atoms with E-state index in [2.05, 4.69) is 9.28 Å². The Morgan fingerprint density at radius 1 is 1.20 bits per heavy atom. The van der Waals surface area contributed by atoms with Crippen molar-refractivity contribution in [2.24, 2.45) is 0 Å². The summed E-state index contributed by atoms with van der Waals surface area (Å²) in [6.45, 7) is 1.69. The summed E-state index contributed by atoms with van der Waals surface area (Å²) in [6, 6.07) is 7.03. The summed E-state index contributed by atoms with van der Waals surface area (Å²) in [4.78, 5) is 0. The van der Waals surface area contributed by atoms with Gasteiger partial charge < -0.3 is 4.18 Å². The second-order valence-electron chi connectivity index (χ2n) is 3.85. The molecular weight excluding hydrogens is 297 g/mol. The smallest absolute Gasteiger partial charge is 0.374 e. The van der Waals surface area contributed by atoms with Gasteiger partial charge in [0.05, 0.1) is 5.69 Å². The minimum Gasteiger partial charge on any atom is -0.374 e. The van der Waals surface area contributed by atoms with E-state index in [9.17, 15) is 21.6 Å². The number of halogens is 3. The van der Waals surface area contributed by atoms with Gasteiger partial charge in [-0.1, -0.05) is 12.1 Å². The molecule has 1 aromatic heterocycles. The Morgan fingerprint density at radius 2 is 1.85 bits per heavy atom. The number of aryl methyl sites for hydroxylation is 1. The average Bonchev–Trinajstić information content (AvgIpc) is 2.74. The van der Waals surface area contributed by atoms with Crippen LogP contribution in [0.15, 0.2) is 36.5 Å². The Kier molecular flexibility index (Phi) is 3.46. The molecule has 0 fully saturated rings. The highest BCUT2D eigenvalue weighted by Gasteiger charge is 2.48. The van der Waals surface area contributed by atoms with Crippen LogP contribution in [0.25, 0.3) is 5.69 Å². The summed E-state index contributed by atoms with van der Waals surface area (Å²) < 4.78 is 64.4. The van der Waals surface area contributed by atoms with E-state index in [1.165, 1.54) is 29.1 Å². The molecule has 0 aliphatic rings. The van der Waals surface area contributed by atoms with Crippen molar-refractivity contribution in [1.82, 2.24) is 9.78 Å². The van der Waals surface area contributed by atoms with Crippen LogP contribution >= 0.6 is 0 Å². The SMILES string of the molecule is Cc1ccn(-c2ccccc2OS(=O)(=O)C(F)(F)F)n1. The minimum atomic E-state index is -5.72. The Bertz CT molecular complexity index is 723. The quantitative estimate of drug-likeness (QED) is 0.645. The van der Waals surface area contributed by atoms with Crippen molar-refractivity contribution in [3.05, 3.63) is 42.2 Å². The van der Waals surface area contributed by atoms with Crippen molar-refractivity contribution in [3.63, 3.8) is 0 Å². The lowest BCUT2D eigenvalue weighted by Gasteiger charge is -2.12. The summed E-state index contributed by atoms with van der Waals surface area (Å²) in [5.74, 6) is -0.451. The minimum absolute atomic E-state index is 0.0911. The molecule has 108 valence electrons. The maximum Gasteiger partial charge on any atom is 0.534 e. The van der Waals surface area contributed by atoms with Gasteiger partial charge >= 0.3 is 15.6 Å². The fourth-order valence-electron chi connectivity index (χ4n) is 1.43. The largest absolute Gasteiger partial charge is 0.534 e. The van der Waals surface area contributed by atoms with E-state index in [1.807, 2.05) is 0 Å². The van der Waals surface area contributed by atoms with Crippen LogP contribution in [0.5, 0.6) is 5.75 Å². The molecule has 5 nitrogen and oxygen atoms in total. The predicted molar refractivity (Wildman–Crippen MR) is 63.9 cm³/mol. The monoisotopic (exact) mass is 306 g/mol. The van der Waals surface area contributed by atoms with Crippen molar-refractivity contribution in [2.75, 3.05) is 0 Å². The molecule has 0 amide bonds. The Morgan fingerprint density at radius 3 is 2.40 bits per heavy atom. The normalized spacial score (nSPS) is 12.4. The molecule has 0 unspecified atom stereocenters. The molecule has 1 aromatic carbocycles. The maximum absolute atomic E-state index is 12.3. The van der Waals surface area contributed by atoms with Gasteiger partial charge in [0, 0.05) is 6.20 Å². The van der Waals surface area contributed by atoms with E-state index < -0.39 is 21.4 Å². The molecule has 0 aliphatic heterocycles. The van der Waals surface area contributed by atoms with Crippen molar-refractivity contribution in [3.8, 4) is 11.4 Å². The summed E-state index contributed by atoms with van der Waals surface area (Å²) >= 11 is 0. The zero-order valence-electron chi connectivity index (χ0n) is 10.1. The zero-order chi connectivity index (χ0) is 15.0. The molecule has 20 heavy (non-hydrogen) atoms. The first kappa shape index (κ1) is 14.4. The molecule has 0 aliphatic carbocycles. The molecular formula is C11H9F3N2O3S. The number of hydrogen-bond donors (Lipinski definition) is 0. The van der Waals surface area contributed by atoms with Crippen LogP contribution in [-0.4, -0.2) is 23.7 Å². The van der Waals surface area contributed by atoms with E-state index >= 15 is 0 Å². The molecule has 1 heterocycles. The first-order chi connectivity index (χ1) is 9.21. The van der Waals surface area contributed by atoms with Crippen molar-refractivity contribution >= 4 is 10.1 Å². The van der Waals surface area contributed by atoms with Crippen molar-refractivity contribution < 1.29 is 25.8 Å². The number of para-hydroxylation sites is 2. The molecule has 0 spiro atoms. The summed E-state index contributed by atoms with van der Waals surface area (Å²) in [5.41, 5.74) is -4.77. The third-order valence-corrected chi connectivity index (χ3v) is 3.28. The number of hydrogen-bond acceptors (Lipinski definition) is 4. The Hall–Kier alpha value is -2.03. The summed E-state index contributed by atoms with van der Waals surface area (Å²) in [6.07, 6.45) is 1.48. The van der Waals surface area contributed by atoms with Gasteiger partial charge in [-0.2, -0.15) is 26.7 Å². The highest BCUT2D eigenvalue weighted by atomic mass is 32.2. The predicted octanol–water partition coefficient (Wildman–Crippen LogP) is 2.41. The standard InChI is InChI=1S/C11H9F3N2O3S/c1-8-6-7-16(15-8)9-4-2-3-5-10(9)19-20(17,18)11(12,13)14/h2-7H,1H3. The van der Waals surface area contributed by atoms with E-state index in [0.717, 1.165) is 6.07 Å². The fourth-order valence-corrected chi connectivity index (χ4v) is 1.90. The van der Waals surface area contributed by atoms with E-state index in [-0.39, 0.29) is 5.69 Å². The Labute approximate surface area is 112 Å². The van der Waals surface area contributed by atoms with Crippen molar-refractivity contribution in [2.45, 2.75) is 12.4 Å². The van der Waals surface area contributed by atoms with Crippen LogP contribution in [0.2, 0.25) is 0 Å². The molecule has 0 saturated heterocycles. The third-order valence-electron chi connectivity index (χ3n) is 2.32. The number of rotatable bonds is 3. The van der Waals surface area contributed by atoms with Gasteiger partial charge in [-0.25, -0.2) is 4.68 Å². The van der Waals surface area contributed by atoms with Gasteiger partial charge in [0.1, 0.15) is 5.69 Å². The van der Waals surface area contributed by atoms with E-state index in [0.29, 0.717) is 5.69 Å². The average molecular weight is 306 g/mol. The van der Waals surface area contributed by atoms with Gasteiger partial charge in [0.15, 0.2) is 5.75 Å². The summed E-state index contributed by atoms with van der Waals surface area (Å²) in [7, 11) is -5.72. The number of alkyl halides is 3. The fraction of sp³-hybridized carbons (Fsp3) is 0.182. The summed E-state index contributed by atoms with van der Waals surface area (Å²) in [5, 5.41) is 3.99. The van der Waals surface area contributed by atoms with Crippen molar-refractivity contribution in [1.29, 1.82) is 0 Å². The lowest BCUT2D eigenvalue weighted by Crippen LogP contribution is -2.28. The number of nitrogens with zero attached hydrogens (tertiary/aromatic N) is 2. The second kappa shape index (κ2) is 4.82. The highest BCUT2D eigenvalue weighted by Crippen LogP contribution is 2.30. The third kappa shape index (κ3) is 2.77. The van der Waals surface area contributed by atoms with Crippen LogP contribution in [0, 0.1) is 6.92 Å². The second-order valence-corrected chi connectivity index (χ2v) is 5.39. The topological polar surface area (TPSA) is 61.2 Å². The highest BCUT2D eigenvalue weighted by molar-refractivity contribution is 7.88. The van der Waals surface area contributed by atoms with Gasteiger partial charge in [-0.3, -0.25) is 0 Å². The van der Waals surface area contributed by atoms with Gasteiger partial charge in [-0.15, -0.1) is 0 Å². The molecule has 0 saturated carbocycles. The van der Waals surface area contributed by atoms with Crippen LogP contribution in [0.1, 0.15) is 5.69 Å². The first-order valence-electron chi connectivity index (χ1n) is 5.33. The Balaban J connectivity index is 2.45. The molecule has 0 atom stereocenters. The van der Waals surface area contributed by atoms with Crippen LogP contribution in [0.4, 0.5) is 13.2 Å². The van der Waals surface area contributed by atoms with E-state index in [4.69, 9.17) is 0 Å². The molecule has 9 heteroatoms. The lowest BCUT2D eigenvalue weighted by molar-refractivity contribution is -0.0500. The van der Waals surface area contributed by atoms with Gasteiger partial charge in [-0.05, 0) is 25.1 Å². The maximum atomic E-state index is 12.3. The van der Waals surface area contributed by atoms with Crippen LogP contribution in [0.3, 0.4) is 0 Å². The van der Waals surface area contributed by atoms with Crippen LogP contribution in [-0.2, 0) is 10.1 Å². The zero-order valence-corrected chi connectivity index (χ0v) is 10.9. The molecule has 2 aromatic rings. The van der Waals surface area contributed by atoms with Gasteiger partial charge in [0.25, 0.3) is 0 Å². The molecule has 0 N–H and O–H groups in total. The first-order valence-corrected chi connectivity index (χ1v) is 6.74. The van der Waals surface area contributed by atoms with E-state index in [1.54, 1.807) is 13.0 Å². The van der Waals surface area contributed by atoms with Crippen LogP contribution < -0.4 is 4.18 Å². The molecule has 2 rings (SSSR count).